The van der Waals surface area contributed by atoms with E-state index in [-0.39, 0.29) is 36.7 Å². The summed E-state index contributed by atoms with van der Waals surface area (Å²) in [6.45, 7) is 0.165. The summed E-state index contributed by atoms with van der Waals surface area (Å²) in [6.07, 6.45) is 3.27. The second-order valence-corrected chi connectivity index (χ2v) is 8.25. The standard InChI is InChI=1S/C22H21FN4O4S/c23-15-5-3-14(4-6-15)21(30)27(17-7-8-17)12-20(29)26-22-25-16(13-32-22)10-19(28)24-11-18-2-1-9-31-18/h1-6,9,13,17H,7-8,10-12H2,(H,24,28)(H,25,26,29). The molecule has 0 saturated heterocycles. The maximum Gasteiger partial charge on any atom is 0.254 e. The van der Waals surface area contributed by atoms with Crippen LogP contribution < -0.4 is 10.6 Å². The van der Waals surface area contributed by atoms with Crippen LogP contribution in [-0.2, 0) is 22.6 Å². The largest absolute Gasteiger partial charge is 0.467 e. The second kappa shape index (κ2) is 9.73. The molecule has 10 heteroatoms. The molecule has 4 rings (SSSR count). The van der Waals surface area contributed by atoms with Gasteiger partial charge in [0.15, 0.2) is 5.13 Å². The van der Waals surface area contributed by atoms with Crippen LogP contribution in [0.5, 0.6) is 0 Å². The molecule has 32 heavy (non-hydrogen) atoms. The van der Waals surface area contributed by atoms with Crippen LogP contribution in [0, 0.1) is 5.82 Å². The number of hydrogen-bond donors (Lipinski definition) is 2. The first kappa shape index (κ1) is 21.7. The molecule has 166 valence electrons. The number of benzene rings is 1. The summed E-state index contributed by atoms with van der Waals surface area (Å²) < 4.78 is 18.3. The van der Waals surface area contributed by atoms with Crippen molar-refractivity contribution in [2.75, 3.05) is 11.9 Å². The van der Waals surface area contributed by atoms with Gasteiger partial charge in [0.2, 0.25) is 11.8 Å². The number of halogens is 1. The van der Waals surface area contributed by atoms with Gasteiger partial charge in [-0.2, -0.15) is 0 Å². The SMILES string of the molecule is O=C(Cc1csc(NC(=O)CN(C(=O)c2ccc(F)cc2)C2CC2)n1)NCc1ccco1. The lowest BCUT2D eigenvalue weighted by Crippen LogP contribution is -2.39. The fraction of sp³-hybridized carbons (Fsp3) is 0.273. The molecule has 3 amide bonds. The van der Waals surface area contributed by atoms with Crippen LogP contribution in [0.15, 0.2) is 52.5 Å². The van der Waals surface area contributed by atoms with E-state index in [1.807, 2.05) is 0 Å². The number of anilines is 1. The highest BCUT2D eigenvalue weighted by molar-refractivity contribution is 7.13. The third-order valence-corrected chi connectivity index (χ3v) is 5.64. The highest BCUT2D eigenvalue weighted by atomic mass is 32.1. The van der Waals surface area contributed by atoms with Gasteiger partial charge in [0.1, 0.15) is 18.1 Å². The lowest BCUT2D eigenvalue weighted by molar-refractivity contribution is -0.120. The van der Waals surface area contributed by atoms with Gasteiger partial charge in [-0.15, -0.1) is 11.3 Å². The first-order valence-electron chi connectivity index (χ1n) is 10.1. The van der Waals surface area contributed by atoms with Gasteiger partial charge < -0.3 is 20.0 Å². The highest BCUT2D eigenvalue weighted by Crippen LogP contribution is 2.28. The van der Waals surface area contributed by atoms with Crippen LogP contribution in [0.3, 0.4) is 0 Å². The van der Waals surface area contributed by atoms with Gasteiger partial charge in [0.25, 0.3) is 5.91 Å². The lowest BCUT2D eigenvalue weighted by Gasteiger charge is -2.21. The second-order valence-electron chi connectivity index (χ2n) is 7.40. The third kappa shape index (κ3) is 5.79. The molecule has 1 fully saturated rings. The lowest BCUT2D eigenvalue weighted by atomic mass is 10.2. The molecule has 0 spiro atoms. The molecule has 1 aromatic carbocycles. The van der Waals surface area contributed by atoms with Crippen LogP contribution in [0.1, 0.15) is 34.7 Å². The van der Waals surface area contributed by atoms with Crippen LogP contribution in [0.2, 0.25) is 0 Å². The number of aromatic nitrogens is 1. The zero-order chi connectivity index (χ0) is 22.5. The highest BCUT2D eigenvalue weighted by Gasteiger charge is 2.34. The summed E-state index contributed by atoms with van der Waals surface area (Å²) in [5, 5.41) is 7.48. The average molecular weight is 456 g/mol. The zero-order valence-corrected chi connectivity index (χ0v) is 17.9. The summed E-state index contributed by atoms with van der Waals surface area (Å²) in [5.41, 5.74) is 0.867. The molecule has 1 aliphatic rings. The van der Waals surface area contributed by atoms with Gasteiger partial charge in [0, 0.05) is 17.0 Å². The fourth-order valence-corrected chi connectivity index (χ4v) is 3.82. The molecule has 8 nitrogen and oxygen atoms in total. The number of rotatable bonds is 9. The van der Waals surface area contributed by atoms with Crippen molar-refractivity contribution in [3.05, 3.63) is 70.9 Å². The Morgan fingerprint density at radius 3 is 2.62 bits per heavy atom. The molecule has 2 aromatic heterocycles. The zero-order valence-electron chi connectivity index (χ0n) is 17.0. The van der Waals surface area contributed by atoms with Crippen molar-refractivity contribution in [1.82, 2.24) is 15.2 Å². The minimum Gasteiger partial charge on any atom is -0.467 e. The Morgan fingerprint density at radius 1 is 1.16 bits per heavy atom. The van der Waals surface area contributed by atoms with Crippen molar-refractivity contribution in [3.8, 4) is 0 Å². The van der Waals surface area contributed by atoms with E-state index in [0.29, 0.717) is 28.7 Å². The van der Waals surface area contributed by atoms with Gasteiger partial charge in [-0.1, -0.05) is 0 Å². The quantitative estimate of drug-likeness (QED) is 0.515. The van der Waals surface area contributed by atoms with Gasteiger partial charge in [-0.05, 0) is 49.2 Å². The molecule has 0 radical (unpaired) electrons. The summed E-state index contributed by atoms with van der Waals surface area (Å²) in [5.74, 6) is -0.674. The van der Waals surface area contributed by atoms with Crippen LogP contribution in [0.25, 0.3) is 0 Å². The van der Waals surface area contributed by atoms with Crippen LogP contribution in [-0.4, -0.2) is 40.2 Å². The molecular weight excluding hydrogens is 435 g/mol. The van der Waals surface area contributed by atoms with E-state index in [2.05, 4.69) is 15.6 Å². The molecule has 0 atom stereocenters. The Balaban J connectivity index is 1.29. The Labute approximate surface area is 187 Å². The molecule has 2 N–H and O–H groups in total. The number of thiazole rings is 1. The minimum atomic E-state index is -0.425. The maximum atomic E-state index is 13.1. The van der Waals surface area contributed by atoms with Crippen molar-refractivity contribution in [2.45, 2.75) is 31.8 Å². The monoisotopic (exact) mass is 456 g/mol. The molecule has 1 aliphatic carbocycles. The van der Waals surface area contributed by atoms with Crippen LogP contribution >= 0.6 is 11.3 Å². The Kier molecular flexibility index (Phi) is 6.60. The van der Waals surface area contributed by atoms with E-state index in [4.69, 9.17) is 4.42 Å². The Bertz CT molecular complexity index is 1090. The molecule has 0 aliphatic heterocycles. The minimum absolute atomic E-state index is 0.00279. The van der Waals surface area contributed by atoms with Gasteiger partial charge in [-0.3, -0.25) is 14.4 Å². The smallest absolute Gasteiger partial charge is 0.254 e. The number of hydrogen-bond acceptors (Lipinski definition) is 6. The topological polar surface area (TPSA) is 105 Å². The van der Waals surface area contributed by atoms with Crippen molar-refractivity contribution in [1.29, 1.82) is 0 Å². The molecule has 3 aromatic rings. The Morgan fingerprint density at radius 2 is 1.94 bits per heavy atom. The third-order valence-electron chi connectivity index (χ3n) is 4.83. The van der Waals surface area contributed by atoms with E-state index in [1.54, 1.807) is 17.5 Å². The van der Waals surface area contributed by atoms with Gasteiger partial charge in [0.05, 0.1) is 24.9 Å². The van der Waals surface area contributed by atoms with Crippen molar-refractivity contribution >= 4 is 34.2 Å². The predicted octanol–water partition coefficient (Wildman–Crippen LogP) is 2.98. The van der Waals surface area contributed by atoms with E-state index < -0.39 is 5.82 Å². The van der Waals surface area contributed by atoms with E-state index in [9.17, 15) is 18.8 Å². The van der Waals surface area contributed by atoms with Gasteiger partial charge in [-0.25, -0.2) is 9.37 Å². The van der Waals surface area contributed by atoms with Crippen molar-refractivity contribution in [2.24, 2.45) is 0 Å². The maximum absolute atomic E-state index is 13.1. The van der Waals surface area contributed by atoms with Crippen molar-refractivity contribution in [3.63, 3.8) is 0 Å². The number of nitrogens with zero attached hydrogens (tertiary/aromatic N) is 2. The number of carbonyl (C=O) groups is 3. The van der Waals surface area contributed by atoms with E-state index in [0.717, 1.165) is 12.8 Å². The van der Waals surface area contributed by atoms with Crippen LogP contribution in [0.4, 0.5) is 9.52 Å². The number of nitrogens with one attached hydrogen (secondary N) is 2. The number of furan rings is 1. The number of amides is 3. The average Bonchev–Trinajstić information content (AvgIpc) is 3.30. The molecular formula is C22H21FN4O4S. The Hall–Kier alpha value is -3.53. The van der Waals surface area contributed by atoms with Gasteiger partial charge >= 0.3 is 0 Å². The number of carbonyl (C=O) groups excluding carboxylic acids is 3. The van der Waals surface area contributed by atoms with Crippen molar-refractivity contribution < 1.29 is 23.2 Å². The molecule has 0 bridgehead atoms. The molecule has 1 saturated carbocycles. The summed E-state index contributed by atoms with van der Waals surface area (Å²) in [4.78, 5) is 43.1. The molecule has 0 unspecified atom stereocenters. The van der Waals surface area contributed by atoms with E-state index >= 15 is 0 Å². The first-order chi connectivity index (χ1) is 15.5. The van der Waals surface area contributed by atoms with E-state index in [1.165, 1.54) is 46.8 Å². The summed E-state index contributed by atoms with van der Waals surface area (Å²) >= 11 is 1.21. The molecule has 2 heterocycles. The first-order valence-corrected chi connectivity index (χ1v) is 11.0. The normalized spacial score (nSPS) is 12.9. The predicted molar refractivity (Wildman–Crippen MR) is 115 cm³/mol. The summed E-state index contributed by atoms with van der Waals surface area (Å²) in [7, 11) is 0. The summed E-state index contributed by atoms with van der Waals surface area (Å²) in [6, 6.07) is 8.78. The fourth-order valence-electron chi connectivity index (χ4n) is 3.10.